The first kappa shape index (κ1) is 24.3. The zero-order chi connectivity index (χ0) is 24.5. The average Bonchev–Trinajstić information content (AvgIpc) is 3.26. The van der Waals surface area contributed by atoms with Crippen molar-refractivity contribution < 1.29 is 5.11 Å². The fourth-order valence-corrected chi connectivity index (χ4v) is 6.07. The van der Waals surface area contributed by atoms with Crippen LogP contribution in [0, 0.1) is 17.2 Å². The van der Waals surface area contributed by atoms with E-state index in [1.165, 1.54) is 19.3 Å². The standard InChI is InChI=1S/C25H29Cl2N7O/c1-16(19-6-5-18(26)11-20(19)27)34-25-24(21(12-28)31-34)29-13-23(30-25)33-10-7-22(17(14-33)15-35)32-8-3-2-4-9-32/h5-6,11,13,16-17,22,35H,2-4,7-10,14-15H2,1H3/t16?,17-,22?/m1/s1. The summed E-state index contributed by atoms with van der Waals surface area (Å²) in [6, 6.07) is 7.61. The van der Waals surface area contributed by atoms with Crippen molar-refractivity contribution >= 4 is 40.2 Å². The molecule has 0 saturated carbocycles. The van der Waals surface area contributed by atoms with Crippen molar-refractivity contribution in [1.29, 1.82) is 5.26 Å². The van der Waals surface area contributed by atoms with Gasteiger partial charge in [-0.15, -0.1) is 0 Å². The topological polar surface area (TPSA) is 94.1 Å². The van der Waals surface area contributed by atoms with Crippen LogP contribution in [0.3, 0.4) is 0 Å². The Morgan fingerprint density at radius 1 is 1.20 bits per heavy atom. The molecule has 0 amide bonds. The first-order valence-corrected chi connectivity index (χ1v) is 13.0. The largest absolute Gasteiger partial charge is 0.396 e. The summed E-state index contributed by atoms with van der Waals surface area (Å²) < 4.78 is 1.71. The molecule has 0 aliphatic carbocycles. The molecule has 0 radical (unpaired) electrons. The summed E-state index contributed by atoms with van der Waals surface area (Å²) in [4.78, 5) is 14.2. The van der Waals surface area contributed by atoms with Crippen LogP contribution >= 0.6 is 23.2 Å². The number of benzene rings is 1. The number of piperidine rings is 2. The highest BCUT2D eigenvalue weighted by molar-refractivity contribution is 6.35. The van der Waals surface area contributed by atoms with E-state index >= 15 is 0 Å². The predicted molar refractivity (Wildman–Crippen MR) is 137 cm³/mol. The van der Waals surface area contributed by atoms with E-state index in [1.807, 2.05) is 13.0 Å². The molecule has 2 fully saturated rings. The van der Waals surface area contributed by atoms with Crippen LogP contribution in [-0.4, -0.2) is 68.6 Å². The molecule has 0 bridgehead atoms. The van der Waals surface area contributed by atoms with E-state index in [9.17, 15) is 10.4 Å². The maximum Gasteiger partial charge on any atom is 0.190 e. The van der Waals surface area contributed by atoms with Gasteiger partial charge in [0.05, 0.1) is 12.2 Å². The number of aliphatic hydroxyl groups is 1. The number of likely N-dealkylation sites (tertiary alicyclic amines) is 1. The molecule has 5 rings (SSSR count). The molecular weight excluding hydrogens is 485 g/mol. The quantitative estimate of drug-likeness (QED) is 0.543. The summed E-state index contributed by atoms with van der Waals surface area (Å²) in [5, 5.41) is 25.4. The molecule has 4 heterocycles. The van der Waals surface area contributed by atoms with Crippen LogP contribution in [-0.2, 0) is 0 Å². The molecule has 1 aromatic carbocycles. The Morgan fingerprint density at radius 2 is 2.00 bits per heavy atom. The summed E-state index contributed by atoms with van der Waals surface area (Å²) in [6.07, 6.45) is 6.46. The zero-order valence-corrected chi connectivity index (χ0v) is 21.3. The van der Waals surface area contributed by atoms with Crippen molar-refractivity contribution in [3.05, 3.63) is 45.7 Å². The third-order valence-electron chi connectivity index (χ3n) is 7.39. The van der Waals surface area contributed by atoms with E-state index in [0.717, 1.165) is 44.0 Å². The maximum absolute atomic E-state index is 10.2. The van der Waals surface area contributed by atoms with Crippen molar-refractivity contribution in [2.75, 3.05) is 37.7 Å². The molecule has 2 saturated heterocycles. The highest BCUT2D eigenvalue weighted by Crippen LogP contribution is 2.32. The Bertz CT molecular complexity index is 1250. The number of nitriles is 1. The Hall–Kier alpha value is -2.44. The number of hydrogen-bond acceptors (Lipinski definition) is 7. The van der Waals surface area contributed by atoms with Crippen molar-refractivity contribution in [3.8, 4) is 6.07 Å². The van der Waals surface area contributed by atoms with E-state index in [-0.39, 0.29) is 24.3 Å². The summed E-state index contributed by atoms with van der Waals surface area (Å²) in [5.41, 5.74) is 2.07. The van der Waals surface area contributed by atoms with Gasteiger partial charge >= 0.3 is 0 Å². The lowest BCUT2D eigenvalue weighted by molar-refractivity contribution is 0.0676. The van der Waals surface area contributed by atoms with Crippen LogP contribution in [0.1, 0.15) is 49.9 Å². The molecule has 184 valence electrons. The van der Waals surface area contributed by atoms with Gasteiger partial charge < -0.3 is 10.0 Å². The van der Waals surface area contributed by atoms with E-state index in [4.69, 9.17) is 28.2 Å². The third-order valence-corrected chi connectivity index (χ3v) is 7.95. The van der Waals surface area contributed by atoms with Crippen LogP contribution < -0.4 is 4.90 Å². The van der Waals surface area contributed by atoms with Crippen LogP contribution in [0.5, 0.6) is 0 Å². The Balaban J connectivity index is 1.45. The minimum absolute atomic E-state index is 0.149. The number of fused-ring (bicyclic) bond motifs is 1. The fourth-order valence-electron chi connectivity index (χ4n) is 5.51. The summed E-state index contributed by atoms with van der Waals surface area (Å²) in [5.74, 6) is 0.888. The van der Waals surface area contributed by atoms with Crippen molar-refractivity contribution in [3.63, 3.8) is 0 Å². The molecule has 0 spiro atoms. The second-order valence-corrected chi connectivity index (χ2v) is 10.3. The summed E-state index contributed by atoms with van der Waals surface area (Å²) in [6.45, 7) is 5.91. The maximum atomic E-state index is 10.2. The number of anilines is 1. The van der Waals surface area contributed by atoms with E-state index in [2.05, 4.69) is 26.0 Å². The van der Waals surface area contributed by atoms with Gasteiger partial charge in [-0.3, -0.25) is 4.90 Å². The second-order valence-electron chi connectivity index (χ2n) is 9.49. The first-order valence-electron chi connectivity index (χ1n) is 12.2. The number of aromatic nitrogens is 4. The van der Waals surface area contributed by atoms with Crippen molar-refractivity contribution in [2.24, 2.45) is 5.92 Å². The lowest BCUT2D eigenvalue weighted by Crippen LogP contribution is -2.53. The van der Waals surface area contributed by atoms with Gasteiger partial charge in [-0.25, -0.2) is 14.6 Å². The lowest BCUT2D eigenvalue weighted by atomic mass is 9.90. The third kappa shape index (κ3) is 4.70. The normalized spacial score (nSPS) is 22.3. The lowest BCUT2D eigenvalue weighted by Gasteiger charge is -2.45. The van der Waals surface area contributed by atoms with Gasteiger partial charge in [0.1, 0.15) is 17.4 Å². The van der Waals surface area contributed by atoms with Crippen LogP contribution in [0.25, 0.3) is 11.2 Å². The van der Waals surface area contributed by atoms with Gasteiger partial charge in [0.15, 0.2) is 11.3 Å². The van der Waals surface area contributed by atoms with E-state index < -0.39 is 0 Å². The first-order chi connectivity index (χ1) is 17.0. The van der Waals surface area contributed by atoms with Crippen molar-refractivity contribution in [1.82, 2.24) is 24.6 Å². The number of nitrogens with zero attached hydrogens (tertiary/aromatic N) is 7. The second kappa shape index (κ2) is 10.3. The van der Waals surface area contributed by atoms with Gasteiger partial charge in [0.25, 0.3) is 0 Å². The molecular formula is C25H29Cl2N7O. The van der Waals surface area contributed by atoms with Crippen LogP contribution in [0.15, 0.2) is 24.4 Å². The average molecular weight is 514 g/mol. The molecule has 8 nitrogen and oxygen atoms in total. The highest BCUT2D eigenvalue weighted by atomic mass is 35.5. The summed E-state index contributed by atoms with van der Waals surface area (Å²) >= 11 is 12.5. The van der Waals surface area contributed by atoms with Gasteiger partial charge in [0.2, 0.25) is 0 Å². The number of aliphatic hydroxyl groups excluding tert-OH is 1. The van der Waals surface area contributed by atoms with Crippen molar-refractivity contribution in [2.45, 2.75) is 44.7 Å². The fraction of sp³-hybridized carbons (Fsp3) is 0.520. The Morgan fingerprint density at radius 3 is 2.71 bits per heavy atom. The number of halogens is 2. The van der Waals surface area contributed by atoms with Crippen LogP contribution in [0.2, 0.25) is 10.0 Å². The van der Waals surface area contributed by atoms with Crippen LogP contribution in [0.4, 0.5) is 5.82 Å². The van der Waals surface area contributed by atoms with Gasteiger partial charge in [-0.05, 0) is 57.0 Å². The molecule has 2 aliphatic rings. The van der Waals surface area contributed by atoms with E-state index in [0.29, 0.717) is 27.3 Å². The minimum Gasteiger partial charge on any atom is -0.396 e. The number of hydrogen-bond donors (Lipinski definition) is 1. The number of rotatable bonds is 5. The highest BCUT2D eigenvalue weighted by Gasteiger charge is 2.34. The minimum atomic E-state index is -0.274. The predicted octanol–water partition coefficient (Wildman–Crippen LogP) is 4.29. The molecule has 2 aliphatic heterocycles. The summed E-state index contributed by atoms with van der Waals surface area (Å²) in [7, 11) is 0. The molecule has 3 aromatic rings. The smallest absolute Gasteiger partial charge is 0.190 e. The molecule has 10 heteroatoms. The molecule has 3 atom stereocenters. The zero-order valence-electron chi connectivity index (χ0n) is 19.7. The molecule has 1 N–H and O–H groups in total. The molecule has 2 unspecified atom stereocenters. The Kier molecular flexibility index (Phi) is 7.12. The van der Waals surface area contributed by atoms with Gasteiger partial charge in [0, 0.05) is 41.7 Å². The molecule has 2 aromatic heterocycles. The Labute approximate surface area is 215 Å². The monoisotopic (exact) mass is 513 g/mol. The SMILES string of the molecule is CC(c1ccc(Cl)cc1Cl)n1nc(C#N)c2ncc(N3CCC(N4CCCCC4)[C@@H](CO)C3)nc21. The van der Waals surface area contributed by atoms with Gasteiger partial charge in [-0.1, -0.05) is 35.7 Å². The molecule has 35 heavy (non-hydrogen) atoms. The van der Waals surface area contributed by atoms with Gasteiger partial charge in [-0.2, -0.15) is 10.4 Å². The van der Waals surface area contributed by atoms with E-state index in [1.54, 1.807) is 23.0 Å².